The van der Waals surface area contributed by atoms with E-state index < -0.39 is 10.0 Å². The van der Waals surface area contributed by atoms with Crippen LogP contribution < -0.4 is 10.0 Å². The number of thioether (sulfide) groups is 1. The average Bonchev–Trinajstić information content (AvgIpc) is 3.17. The Morgan fingerprint density at radius 1 is 1.14 bits per heavy atom. The van der Waals surface area contributed by atoms with Gasteiger partial charge in [0, 0.05) is 5.69 Å². The molecule has 1 heterocycles. The molecule has 0 spiro atoms. The highest BCUT2D eigenvalue weighted by Crippen LogP contribution is 2.27. The molecule has 0 saturated carbocycles. The third kappa shape index (κ3) is 5.29. The van der Waals surface area contributed by atoms with Gasteiger partial charge in [0.1, 0.15) is 0 Å². The maximum Gasteiger partial charge on any atom is 0.262 e. The Hall–Kier alpha value is -2.00. The number of para-hydroxylation sites is 1. The summed E-state index contributed by atoms with van der Waals surface area (Å²) < 4.78 is 29.2. The second-order valence-electron chi connectivity index (χ2n) is 5.83. The lowest BCUT2D eigenvalue weighted by molar-refractivity contribution is -0.113. The largest absolute Gasteiger partial charge is 0.325 e. The van der Waals surface area contributed by atoms with Crippen LogP contribution in [0.25, 0.3) is 0 Å². The summed E-state index contributed by atoms with van der Waals surface area (Å²) in [7, 11) is -3.86. The summed E-state index contributed by atoms with van der Waals surface area (Å²) in [4.78, 5) is 12.3. The van der Waals surface area contributed by atoms with E-state index in [0.29, 0.717) is 22.0 Å². The van der Waals surface area contributed by atoms with E-state index in [2.05, 4.69) is 10.0 Å². The minimum absolute atomic E-state index is 0.0797. The summed E-state index contributed by atoms with van der Waals surface area (Å²) in [6, 6.07) is 15.3. The van der Waals surface area contributed by atoms with Crippen LogP contribution in [0.3, 0.4) is 0 Å². The van der Waals surface area contributed by atoms with Crippen LogP contribution in [0, 0.1) is 6.92 Å². The lowest BCUT2D eigenvalue weighted by atomic mass is 10.2. The van der Waals surface area contributed by atoms with Gasteiger partial charge in [0.25, 0.3) is 10.0 Å². The molecule has 146 valence electrons. The van der Waals surface area contributed by atoms with Crippen LogP contribution in [0.15, 0.2) is 69.1 Å². The van der Waals surface area contributed by atoms with E-state index in [4.69, 9.17) is 11.6 Å². The first-order chi connectivity index (χ1) is 13.3. The monoisotopic (exact) mass is 452 g/mol. The molecule has 1 aromatic heterocycles. The highest BCUT2D eigenvalue weighted by molar-refractivity contribution is 8.01. The van der Waals surface area contributed by atoms with E-state index in [1.165, 1.54) is 17.8 Å². The fourth-order valence-electron chi connectivity index (χ4n) is 2.39. The number of carbonyl (C=O) groups excluding carboxylic acids is 1. The van der Waals surface area contributed by atoms with Gasteiger partial charge in [0.2, 0.25) is 5.91 Å². The van der Waals surface area contributed by atoms with Crippen molar-refractivity contribution in [3.63, 3.8) is 0 Å². The Bertz CT molecular complexity index is 1080. The van der Waals surface area contributed by atoms with Crippen molar-refractivity contribution in [2.45, 2.75) is 16.0 Å². The summed E-state index contributed by atoms with van der Waals surface area (Å²) in [6.07, 6.45) is 0. The van der Waals surface area contributed by atoms with Crippen LogP contribution in [0.1, 0.15) is 5.56 Å². The van der Waals surface area contributed by atoms with Gasteiger partial charge in [-0.05, 0) is 48.2 Å². The van der Waals surface area contributed by atoms with Gasteiger partial charge in [-0.3, -0.25) is 9.52 Å². The molecule has 5 nitrogen and oxygen atoms in total. The zero-order chi connectivity index (χ0) is 20.1. The molecule has 3 rings (SSSR count). The number of hydrogen-bond acceptors (Lipinski definition) is 5. The van der Waals surface area contributed by atoms with E-state index in [0.717, 1.165) is 4.21 Å². The number of nitrogens with one attached hydrogen (secondary N) is 2. The molecule has 0 aliphatic rings. The number of hydrogen-bond donors (Lipinski definition) is 2. The summed E-state index contributed by atoms with van der Waals surface area (Å²) in [5.41, 5.74) is 1.28. The smallest absolute Gasteiger partial charge is 0.262 e. The van der Waals surface area contributed by atoms with Crippen molar-refractivity contribution in [1.29, 1.82) is 0 Å². The van der Waals surface area contributed by atoms with Gasteiger partial charge in [0.15, 0.2) is 0 Å². The standard InChI is InChI=1S/C19H17ClN2O3S3/c1-13-8-9-14(21-18(23)12-27-19-7-4-10-26-19)11-17(13)28(24,25)22-16-6-3-2-5-15(16)20/h2-11,22H,12H2,1H3,(H,21,23). The highest BCUT2D eigenvalue weighted by Gasteiger charge is 2.19. The van der Waals surface area contributed by atoms with E-state index in [9.17, 15) is 13.2 Å². The van der Waals surface area contributed by atoms with Crippen molar-refractivity contribution in [3.8, 4) is 0 Å². The van der Waals surface area contributed by atoms with Gasteiger partial charge in [-0.25, -0.2) is 8.42 Å². The summed E-state index contributed by atoms with van der Waals surface area (Å²) >= 11 is 9.05. The maximum absolute atomic E-state index is 12.8. The minimum atomic E-state index is -3.86. The molecule has 28 heavy (non-hydrogen) atoms. The molecule has 0 aliphatic heterocycles. The van der Waals surface area contributed by atoms with Crippen LogP contribution >= 0.6 is 34.7 Å². The Balaban J connectivity index is 1.75. The van der Waals surface area contributed by atoms with E-state index in [1.807, 2.05) is 17.5 Å². The number of sulfonamides is 1. The summed E-state index contributed by atoms with van der Waals surface area (Å²) in [5, 5.41) is 5.00. The van der Waals surface area contributed by atoms with Gasteiger partial charge in [-0.2, -0.15) is 0 Å². The zero-order valence-corrected chi connectivity index (χ0v) is 18.0. The Morgan fingerprint density at radius 3 is 2.64 bits per heavy atom. The molecule has 3 aromatic rings. The van der Waals surface area contributed by atoms with E-state index >= 15 is 0 Å². The first kappa shape index (κ1) is 20.7. The SMILES string of the molecule is Cc1ccc(NC(=O)CSc2cccs2)cc1S(=O)(=O)Nc1ccccc1Cl. The predicted octanol–water partition coefficient (Wildman–Crippen LogP) is 5.24. The lowest BCUT2D eigenvalue weighted by Crippen LogP contribution is -2.17. The summed E-state index contributed by atoms with van der Waals surface area (Å²) in [6.45, 7) is 1.69. The highest BCUT2D eigenvalue weighted by atomic mass is 35.5. The fourth-order valence-corrected chi connectivity index (χ4v) is 5.57. The molecule has 0 fully saturated rings. The van der Waals surface area contributed by atoms with Crippen molar-refractivity contribution in [2.24, 2.45) is 0 Å². The molecule has 0 atom stereocenters. The number of amides is 1. The average molecular weight is 453 g/mol. The molecule has 0 aliphatic carbocycles. The van der Waals surface area contributed by atoms with Crippen LogP contribution in [-0.4, -0.2) is 20.1 Å². The van der Waals surface area contributed by atoms with Crippen molar-refractivity contribution >= 4 is 62.0 Å². The molecule has 0 unspecified atom stereocenters. The van der Waals surface area contributed by atoms with E-state index in [-0.39, 0.29) is 16.6 Å². The topological polar surface area (TPSA) is 75.3 Å². The van der Waals surface area contributed by atoms with Crippen molar-refractivity contribution in [3.05, 3.63) is 70.6 Å². The third-order valence-corrected chi connectivity index (χ3v) is 7.69. The van der Waals surface area contributed by atoms with Crippen molar-refractivity contribution < 1.29 is 13.2 Å². The number of rotatable bonds is 7. The number of halogens is 1. The van der Waals surface area contributed by atoms with E-state index in [1.54, 1.807) is 54.7 Å². The van der Waals surface area contributed by atoms with Crippen LogP contribution in [-0.2, 0) is 14.8 Å². The zero-order valence-electron chi connectivity index (χ0n) is 14.8. The number of carbonyl (C=O) groups is 1. The second-order valence-corrected chi connectivity index (χ2v) is 10.1. The van der Waals surface area contributed by atoms with Gasteiger partial charge in [-0.15, -0.1) is 23.1 Å². The van der Waals surface area contributed by atoms with Crippen LogP contribution in [0.5, 0.6) is 0 Å². The maximum atomic E-state index is 12.8. The van der Waals surface area contributed by atoms with Crippen LogP contribution in [0.4, 0.5) is 11.4 Å². The Kier molecular flexibility index (Phi) is 6.66. The minimum Gasteiger partial charge on any atom is -0.325 e. The van der Waals surface area contributed by atoms with Gasteiger partial charge >= 0.3 is 0 Å². The predicted molar refractivity (Wildman–Crippen MR) is 117 cm³/mol. The first-order valence-corrected chi connectivity index (χ1v) is 11.9. The van der Waals surface area contributed by atoms with Gasteiger partial charge < -0.3 is 5.32 Å². The number of aryl methyl sites for hydroxylation is 1. The summed E-state index contributed by atoms with van der Waals surface area (Å²) in [5.74, 6) is 0.0404. The molecular weight excluding hydrogens is 436 g/mol. The van der Waals surface area contributed by atoms with Crippen LogP contribution in [0.2, 0.25) is 5.02 Å². The molecule has 2 aromatic carbocycles. The third-order valence-electron chi connectivity index (χ3n) is 3.72. The lowest BCUT2D eigenvalue weighted by Gasteiger charge is -2.13. The second kappa shape index (κ2) is 9.00. The fraction of sp³-hybridized carbons (Fsp3) is 0.105. The Morgan fingerprint density at radius 2 is 1.93 bits per heavy atom. The number of benzene rings is 2. The number of thiophene rings is 1. The molecular formula is C19H17ClN2O3S3. The molecule has 0 saturated heterocycles. The molecule has 1 amide bonds. The normalized spacial score (nSPS) is 11.2. The molecule has 0 bridgehead atoms. The van der Waals surface area contributed by atoms with Gasteiger partial charge in [-0.1, -0.05) is 35.9 Å². The molecule has 0 radical (unpaired) electrons. The van der Waals surface area contributed by atoms with Crippen molar-refractivity contribution in [2.75, 3.05) is 15.8 Å². The quantitative estimate of drug-likeness (QED) is 0.480. The first-order valence-electron chi connectivity index (χ1n) is 8.19. The molecule has 9 heteroatoms. The van der Waals surface area contributed by atoms with Crippen molar-refractivity contribution in [1.82, 2.24) is 0 Å². The molecule has 2 N–H and O–H groups in total. The Labute approximate surface area is 177 Å². The number of anilines is 2. The van der Waals surface area contributed by atoms with Gasteiger partial charge in [0.05, 0.1) is 25.6 Å².